The Morgan fingerprint density at radius 1 is 0.808 bits per heavy atom. The highest BCUT2D eigenvalue weighted by atomic mass is 16.6. The average molecular weight is 718 g/mol. The lowest BCUT2D eigenvalue weighted by Gasteiger charge is -2.21. The molecule has 4 rings (SSSR count). The summed E-state index contributed by atoms with van der Waals surface area (Å²) in [4.78, 5) is 15.9. The van der Waals surface area contributed by atoms with Crippen LogP contribution in [0.4, 0.5) is 5.69 Å². The first kappa shape index (κ1) is 39.9. The van der Waals surface area contributed by atoms with Gasteiger partial charge in [0.2, 0.25) is 0 Å². The van der Waals surface area contributed by atoms with Crippen LogP contribution in [0.25, 0.3) is 22.8 Å². The van der Waals surface area contributed by atoms with Crippen LogP contribution in [0.5, 0.6) is 5.75 Å². The summed E-state index contributed by atoms with van der Waals surface area (Å²) >= 11 is 0. The van der Waals surface area contributed by atoms with Crippen LogP contribution in [-0.4, -0.2) is 120 Å². The molecule has 14 heteroatoms. The number of aromatic hydroxyl groups is 1. The third kappa shape index (κ3) is 13.0. The minimum absolute atomic E-state index is 0.00250. The van der Waals surface area contributed by atoms with Crippen molar-refractivity contribution in [3.63, 3.8) is 0 Å². The lowest BCUT2D eigenvalue weighted by molar-refractivity contribution is -0.140. The maximum atomic E-state index is 12.5. The predicted octanol–water partition coefficient (Wildman–Crippen LogP) is 4.25. The average Bonchev–Trinajstić information content (AvgIpc) is 3.59. The number of hydrogen-bond donors (Lipinski definition) is 1. The summed E-state index contributed by atoms with van der Waals surface area (Å²) in [5.41, 5.74) is 5.07. The van der Waals surface area contributed by atoms with E-state index in [1.807, 2.05) is 85.6 Å². The van der Waals surface area contributed by atoms with E-state index in [1.165, 1.54) is 10.9 Å². The second-order valence-electron chi connectivity index (χ2n) is 11.6. The number of benzene rings is 3. The SMILES string of the molecule is COCCOCCOCCOCCOCCOCCOC(=O)/C(C#N)=C/c1ccc(N(C)Cc2cc(C)cc(-n3nc4ccccc4n3)c2O)cc1. The van der Waals surface area contributed by atoms with Gasteiger partial charge in [0, 0.05) is 32.0 Å². The summed E-state index contributed by atoms with van der Waals surface area (Å²) in [7, 11) is 3.54. The first-order valence-corrected chi connectivity index (χ1v) is 17.0. The molecule has 0 atom stereocenters. The van der Waals surface area contributed by atoms with E-state index in [1.54, 1.807) is 7.11 Å². The van der Waals surface area contributed by atoms with E-state index in [4.69, 9.17) is 33.2 Å². The fraction of sp³-hybridized carbons (Fsp3) is 0.421. The van der Waals surface area contributed by atoms with Gasteiger partial charge in [0.05, 0.1) is 72.7 Å². The summed E-state index contributed by atoms with van der Waals surface area (Å²) in [6.45, 7) is 7.21. The van der Waals surface area contributed by atoms with Crippen molar-refractivity contribution in [3.8, 4) is 17.5 Å². The van der Waals surface area contributed by atoms with Crippen molar-refractivity contribution in [1.82, 2.24) is 15.0 Å². The zero-order valence-corrected chi connectivity index (χ0v) is 30.0. The van der Waals surface area contributed by atoms with Crippen molar-refractivity contribution in [3.05, 3.63) is 82.9 Å². The smallest absolute Gasteiger partial charge is 0.348 e. The third-order valence-electron chi connectivity index (χ3n) is 7.59. The van der Waals surface area contributed by atoms with Gasteiger partial charge in [-0.15, -0.1) is 15.0 Å². The molecule has 3 aromatic carbocycles. The quantitative estimate of drug-likeness (QED) is 0.0475. The van der Waals surface area contributed by atoms with Gasteiger partial charge in [-0.25, -0.2) is 4.79 Å². The number of anilines is 1. The van der Waals surface area contributed by atoms with Crippen molar-refractivity contribution in [1.29, 1.82) is 5.26 Å². The fourth-order valence-electron chi connectivity index (χ4n) is 4.94. The lowest BCUT2D eigenvalue weighted by atomic mass is 10.1. The van der Waals surface area contributed by atoms with E-state index < -0.39 is 5.97 Å². The van der Waals surface area contributed by atoms with Crippen molar-refractivity contribution < 1.29 is 43.1 Å². The summed E-state index contributed by atoms with van der Waals surface area (Å²) < 4.78 is 37.2. The molecule has 0 aliphatic heterocycles. The van der Waals surface area contributed by atoms with Crippen molar-refractivity contribution >= 4 is 28.8 Å². The third-order valence-corrected chi connectivity index (χ3v) is 7.59. The first-order valence-electron chi connectivity index (χ1n) is 17.0. The summed E-state index contributed by atoms with van der Waals surface area (Å²) in [5, 5.41) is 29.8. The Labute approximate surface area is 304 Å². The Kier molecular flexibility index (Phi) is 17.0. The van der Waals surface area contributed by atoms with E-state index in [0.29, 0.717) is 89.4 Å². The highest BCUT2D eigenvalue weighted by Gasteiger charge is 2.16. The molecule has 0 radical (unpaired) electrons. The summed E-state index contributed by atoms with van der Waals surface area (Å²) in [5.74, 6) is -0.627. The number of nitriles is 1. The van der Waals surface area contributed by atoms with Gasteiger partial charge in [-0.2, -0.15) is 5.26 Å². The van der Waals surface area contributed by atoms with Crippen LogP contribution < -0.4 is 4.90 Å². The van der Waals surface area contributed by atoms with E-state index in [2.05, 4.69) is 10.2 Å². The zero-order chi connectivity index (χ0) is 37.0. The van der Waals surface area contributed by atoms with Gasteiger partial charge in [0.15, 0.2) is 0 Å². The van der Waals surface area contributed by atoms with Gasteiger partial charge in [0.1, 0.15) is 40.7 Å². The van der Waals surface area contributed by atoms with E-state index in [9.17, 15) is 15.2 Å². The molecule has 1 heterocycles. The number of aryl methyl sites for hydroxylation is 1. The number of carbonyl (C=O) groups is 1. The number of rotatable bonds is 24. The number of ether oxygens (including phenoxy) is 7. The second-order valence-corrected chi connectivity index (χ2v) is 11.6. The van der Waals surface area contributed by atoms with Gasteiger partial charge in [-0.1, -0.05) is 30.3 Å². The molecule has 0 aliphatic rings. The lowest BCUT2D eigenvalue weighted by Crippen LogP contribution is -2.17. The van der Waals surface area contributed by atoms with Gasteiger partial charge in [-0.05, 0) is 54.5 Å². The summed E-state index contributed by atoms with van der Waals surface area (Å²) in [6.07, 6.45) is 1.48. The van der Waals surface area contributed by atoms with E-state index in [0.717, 1.165) is 22.3 Å². The van der Waals surface area contributed by atoms with Gasteiger partial charge in [-0.3, -0.25) is 0 Å². The highest BCUT2D eigenvalue weighted by molar-refractivity contribution is 5.97. The molecule has 0 saturated heterocycles. The van der Waals surface area contributed by atoms with Crippen molar-refractivity contribution in [2.45, 2.75) is 13.5 Å². The number of carbonyl (C=O) groups excluding carboxylic acids is 1. The number of esters is 1. The Hall–Kier alpha value is -4.88. The monoisotopic (exact) mass is 717 g/mol. The van der Waals surface area contributed by atoms with Crippen LogP contribution >= 0.6 is 0 Å². The largest absolute Gasteiger partial charge is 0.505 e. The number of phenolic OH excluding ortho intramolecular Hbond substituents is 1. The number of hydrogen-bond acceptors (Lipinski definition) is 13. The van der Waals surface area contributed by atoms with Gasteiger partial charge in [0.25, 0.3) is 0 Å². The maximum absolute atomic E-state index is 12.5. The topological polar surface area (TPSA) is 160 Å². The van der Waals surface area contributed by atoms with Crippen LogP contribution in [0.3, 0.4) is 0 Å². The number of nitrogens with zero attached hydrogens (tertiary/aromatic N) is 5. The van der Waals surface area contributed by atoms with Gasteiger partial charge < -0.3 is 43.2 Å². The fourth-order valence-corrected chi connectivity index (χ4v) is 4.94. The standard InChI is InChI=1S/C38H47N5O9/c1-29-24-32(37(44)36(25-29)43-40-34-6-4-5-7-35(34)41-43)28-42(2)33-10-8-30(9-11-33)26-31(27-39)38(45)52-23-22-51-21-20-50-19-18-49-17-16-48-15-14-47-13-12-46-3/h4-11,24-26,44H,12-23,28H2,1-3H3/b31-26+. The maximum Gasteiger partial charge on any atom is 0.348 e. The number of methoxy groups -OCH3 is 1. The number of aromatic nitrogens is 3. The molecule has 1 N–H and O–H groups in total. The zero-order valence-electron chi connectivity index (χ0n) is 30.0. The van der Waals surface area contributed by atoms with Crippen LogP contribution in [0.15, 0.2) is 66.2 Å². The number of fused-ring (bicyclic) bond motifs is 1. The number of phenols is 1. The first-order chi connectivity index (χ1) is 25.4. The molecule has 0 aliphatic carbocycles. The highest BCUT2D eigenvalue weighted by Crippen LogP contribution is 2.30. The van der Waals surface area contributed by atoms with Crippen molar-refractivity contribution in [2.24, 2.45) is 0 Å². The van der Waals surface area contributed by atoms with Crippen LogP contribution in [0, 0.1) is 18.3 Å². The Morgan fingerprint density at radius 2 is 1.33 bits per heavy atom. The Balaban J connectivity index is 1.13. The molecule has 14 nitrogen and oxygen atoms in total. The molecule has 0 amide bonds. The predicted molar refractivity (Wildman–Crippen MR) is 194 cm³/mol. The molecule has 278 valence electrons. The molecule has 0 spiro atoms. The van der Waals surface area contributed by atoms with Crippen LogP contribution in [0.2, 0.25) is 0 Å². The van der Waals surface area contributed by atoms with Crippen molar-refractivity contribution in [2.75, 3.05) is 98.3 Å². The van der Waals surface area contributed by atoms with E-state index in [-0.39, 0.29) is 24.5 Å². The minimum atomic E-state index is -0.728. The molecule has 4 aromatic rings. The van der Waals surface area contributed by atoms with Gasteiger partial charge >= 0.3 is 5.97 Å². The molecule has 0 unspecified atom stereocenters. The molecule has 0 saturated carbocycles. The molecule has 0 fully saturated rings. The van der Waals surface area contributed by atoms with Crippen LogP contribution in [-0.2, 0) is 44.5 Å². The molecule has 1 aromatic heterocycles. The molecular weight excluding hydrogens is 670 g/mol. The molecule has 0 bridgehead atoms. The summed E-state index contributed by atoms with van der Waals surface area (Å²) in [6, 6.07) is 20.6. The normalized spacial score (nSPS) is 11.5. The second kappa shape index (κ2) is 22.1. The van der Waals surface area contributed by atoms with Crippen LogP contribution in [0.1, 0.15) is 16.7 Å². The van der Waals surface area contributed by atoms with E-state index >= 15 is 0 Å². The molecular formula is C38H47N5O9. The Morgan fingerprint density at radius 3 is 1.85 bits per heavy atom. The molecule has 52 heavy (non-hydrogen) atoms. The minimum Gasteiger partial charge on any atom is -0.505 e. The Bertz CT molecular complexity index is 1720.